The lowest BCUT2D eigenvalue weighted by Gasteiger charge is -2.33. The fourth-order valence-electron chi connectivity index (χ4n) is 2.98. The van der Waals surface area contributed by atoms with E-state index in [2.05, 4.69) is 12.2 Å². The predicted molar refractivity (Wildman–Crippen MR) is 80.0 cm³/mol. The molecule has 2 aliphatic rings. The largest absolute Gasteiger partial charge is 0.486 e. The van der Waals surface area contributed by atoms with E-state index in [0.29, 0.717) is 30.6 Å². The van der Waals surface area contributed by atoms with Crippen molar-refractivity contribution in [2.45, 2.75) is 25.8 Å². The molecule has 1 unspecified atom stereocenters. The summed E-state index contributed by atoms with van der Waals surface area (Å²) in [5.41, 5.74) is 0.677. The molecule has 0 aliphatic carbocycles. The van der Waals surface area contributed by atoms with Crippen molar-refractivity contribution >= 4 is 5.91 Å². The van der Waals surface area contributed by atoms with Gasteiger partial charge in [-0.3, -0.25) is 4.79 Å². The summed E-state index contributed by atoms with van der Waals surface area (Å²) in [7, 11) is 0. The van der Waals surface area contributed by atoms with Gasteiger partial charge in [0.15, 0.2) is 11.5 Å². The van der Waals surface area contributed by atoms with Gasteiger partial charge in [-0.25, -0.2) is 0 Å². The van der Waals surface area contributed by atoms with Gasteiger partial charge in [0.25, 0.3) is 5.91 Å². The number of fused-ring (bicyclic) bond motifs is 1. The van der Waals surface area contributed by atoms with Gasteiger partial charge >= 0.3 is 0 Å². The number of ether oxygens (including phenoxy) is 2. The van der Waals surface area contributed by atoms with Crippen molar-refractivity contribution in [2.24, 2.45) is 0 Å². The fourth-order valence-corrected chi connectivity index (χ4v) is 2.98. The van der Waals surface area contributed by atoms with Gasteiger partial charge in [-0.05, 0) is 37.6 Å². The monoisotopic (exact) mass is 290 g/mol. The summed E-state index contributed by atoms with van der Waals surface area (Å²) in [5.74, 6) is 1.48. The van der Waals surface area contributed by atoms with E-state index in [0.717, 1.165) is 38.2 Å². The van der Waals surface area contributed by atoms with Crippen LogP contribution in [0.25, 0.3) is 0 Å². The number of carbonyl (C=O) groups excluding carboxylic acids is 1. The van der Waals surface area contributed by atoms with Crippen molar-refractivity contribution in [2.75, 3.05) is 32.8 Å². The Bertz CT molecular complexity index is 516. The molecule has 1 saturated heterocycles. The molecule has 1 amide bonds. The van der Waals surface area contributed by atoms with Crippen LogP contribution in [0.2, 0.25) is 0 Å². The maximum atomic E-state index is 12.6. The van der Waals surface area contributed by atoms with Gasteiger partial charge in [0.2, 0.25) is 0 Å². The van der Waals surface area contributed by atoms with Crippen molar-refractivity contribution in [1.82, 2.24) is 10.2 Å². The zero-order valence-electron chi connectivity index (χ0n) is 12.4. The van der Waals surface area contributed by atoms with Crippen molar-refractivity contribution in [3.05, 3.63) is 23.8 Å². The van der Waals surface area contributed by atoms with E-state index in [1.807, 2.05) is 17.0 Å². The molecule has 5 nitrogen and oxygen atoms in total. The van der Waals surface area contributed by atoms with Gasteiger partial charge in [-0.2, -0.15) is 0 Å². The Hall–Kier alpha value is -1.75. The van der Waals surface area contributed by atoms with Gasteiger partial charge in [-0.1, -0.05) is 6.92 Å². The first-order chi connectivity index (χ1) is 10.3. The first kappa shape index (κ1) is 14.2. The minimum absolute atomic E-state index is 0.0783. The molecule has 0 aromatic heterocycles. The molecule has 3 rings (SSSR count). The van der Waals surface area contributed by atoms with E-state index in [4.69, 9.17) is 9.47 Å². The normalized spacial score (nSPS) is 21.2. The minimum atomic E-state index is 0.0783. The predicted octanol–water partition coefficient (Wildman–Crippen LogP) is 1.67. The van der Waals surface area contributed by atoms with Crippen LogP contribution in [0, 0.1) is 0 Å². The van der Waals surface area contributed by atoms with Crippen LogP contribution in [0.1, 0.15) is 30.1 Å². The molecule has 5 heteroatoms. The summed E-state index contributed by atoms with van der Waals surface area (Å²) in [5, 5.41) is 3.43. The van der Waals surface area contributed by atoms with Gasteiger partial charge in [0, 0.05) is 24.7 Å². The lowest BCUT2D eigenvalue weighted by molar-refractivity contribution is 0.0694. The number of rotatable bonds is 3. The van der Waals surface area contributed by atoms with Crippen molar-refractivity contribution < 1.29 is 14.3 Å². The number of hydrogen-bond donors (Lipinski definition) is 1. The summed E-state index contributed by atoms with van der Waals surface area (Å²) in [6.07, 6.45) is 2.19. The van der Waals surface area contributed by atoms with Crippen molar-refractivity contribution in [3.63, 3.8) is 0 Å². The van der Waals surface area contributed by atoms with E-state index in [1.54, 1.807) is 6.07 Å². The first-order valence-corrected chi connectivity index (χ1v) is 7.70. The molecule has 1 atom stereocenters. The third-order valence-electron chi connectivity index (χ3n) is 3.99. The summed E-state index contributed by atoms with van der Waals surface area (Å²) in [6.45, 7) is 5.75. The highest BCUT2D eigenvalue weighted by Crippen LogP contribution is 2.31. The number of nitrogens with zero attached hydrogens (tertiary/aromatic N) is 1. The molecular weight excluding hydrogens is 268 g/mol. The summed E-state index contributed by atoms with van der Waals surface area (Å²) >= 11 is 0. The van der Waals surface area contributed by atoms with Crippen LogP contribution in [-0.4, -0.2) is 49.7 Å². The number of piperidine rings is 1. The Balaban J connectivity index is 1.72. The zero-order chi connectivity index (χ0) is 14.7. The maximum absolute atomic E-state index is 12.6. The van der Waals surface area contributed by atoms with E-state index in [1.165, 1.54) is 0 Å². The third-order valence-corrected chi connectivity index (χ3v) is 3.99. The molecule has 1 N–H and O–H groups in total. The average molecular weight is 290 g/mol. The molecule has 1 fully saturated rings. The summed E-state index contributed by atoms with van der Waals surface area (Å²) in [4.78, 5) is 14.6. The molecular formula is C16H22N2O3. The van der Waals surface area contributed by atoms with Crippen LogP contribution < -0.4 is 14.8 Å². The number of nitrogens with one attached hydrogen (secondary N) is 1. The lowest BCUT2D eigenvalue weighted by atomic mass is 10.0. The highest BCUT2D eigenvalue weighted by atomic mass is 16.6. The Labute approximate surface area is 125 Å². The molecule has 0 spiro atoms. The van der Waals surface area contributed by atoms with Crippen LogP contribution in [0.15, 0.2) is 18.2 Å². The van der Waals surface area contributed by atoms with Crippen molar-refractivity contribution in [1.29, 1.82) is 0 Å². The second kappa shape index (κ2) is 6.35. The lowest BCUT2D eigenvalue weighted by Crippen LogP contribution is -2.47. The van der Waals surface area contributed by atoms with Crippen LogP contribution in [-0.2, 0) is 0 Å². The molecule has 0 bridgehead atoms. The smallest absolute Gasteiger partial charge is 0.254 e. The number of likely N-dealkylation sites (N-methyl/N-ethyl adjacent to an activating group) is 1. The minimum Gasteiger partial charge on any atom is -0.486 e. The van der Waals surface area contributed by atoms with E-state index >= 15 is 0 Å². The fraction of sp³-hybridized carbons (Fsp3) is 0.562. The van der Waals surface area contributed by atoms with Gasteiger partial charge < -0.3 is 19.7 Å². The van der Waals surface area contributed by atoms with E-state index in [9.17, 15) is 4.79 Å². The Morgan fingerprint density at radius 2 is 2.14 bits per heavy atom. The molecule has 0 radical (unpaired) electrons. The summed E-state index contributed by atoms with van der Waals surface area (Å²) < 4.78 is 11.0. The number of likely N-dealkylation sites (tertiary alicyclic amines) is 1. The average Bonchev–Trinajstić information content (AvgIpc) is 2.54. The Morgan fingerprint density at radius 1 is 1.33 bits per heavy atom. The number of benzene rings is 1. The molecule has 1 aromatic rings. The maximum Gasteiger partial charge on any atom is 0.254 e. The van der Waals surface area contributed by atoms with Crippen LogP contribution in [0.5, 0.6) is 11.5 Å². The number of amides is 1. The SMILES string of the molecule is CCNC1CCCN(C(=O)c2ccc3c(c2)OCCO3)C1. The molecule has 21 heavy (non-hydrogen) atoms. The highest BCUT2D eigenvalue weighted by molar-refractivity contribution is 5.95. The quantitative estimate of drug-likeness (QED) is 0.920. The topological polar surface area (TPSA) is 50.8 Å². The third kappa shape index (κ3) is 3.13. The van der Waals surface area contributed by atoms with E-state index in [-0.39, 0.29) is 5.91 Å². The van der Waals surface area contributed by atoms with Crippen molar-refractivity contribution in [3.8, 4) is 11.5 Å². The molecule has 1 aromatic carbocycles. The standard InChI is InChI=1S/C16H22N2O3/c1-2-17-13-4-3-7-18(11-13)16(19)12-5-6-14-15(10-12)21-9-8-20-14/h5-6,10,13,17H,2-4,7-9,11H2,1H3. The number of hydrogen-bond acceptors (Lipinski definition) is 4. The van der Waals surface area contributed by atoms with Gasteiger partial charge in [0.05, 0.1) is 0 Å². The molecule has 2 heterocycles. The molecule has 114 valence electrons. The highest BCUT2D eigenvalue weighted by Gasteiger charge is 2.25. The summed E-state index contributed by atoms with van der Waals surface area (Å²) in [6, 6.07) is 5.86. The Kier molecular flexibility index (Phi) is 4.29. The first-order valence-electron chi connectivity index (χ1n) is 7.70. The zero-order valence-corrected chi connectivity index (χ0v) is 12.4. The number of carbonyl (C=O) groups is 1. The second-order valence-electron chi connectivity index (χ2n) is 5.51. The van der Waals surface area contributed by atoms with Crippen LogP contribution in [0.3, 0.4) is 0 Å². The van der Waals surface area contributed by atoms with Gasteiger partial charge in [0.1, 0.15) is 13.2 Å². The van der Waals surface area contributed by atoms with Crippen LogP contribution in [0.4, 0.5) is 0 Å². The molecule has 0 saturated carbocycles. The van der Waals surface area contributed by atoms with E-state index < -0.39 is 0 Å². The second-order valence-corrected chi connectivity index (χ2v) is 5.51. The Morgan fingerprint density at radius 3 is 2.95 bits per heavy atom. The molecule has 2 aliphatic heterocycles. The van der Waals surface area contributed by atoms with Gasteiger partial charge in [-0.15, -0.1) is 0 Å². The van der Waals surface area contributed by atoms with Crippen LogP contribution >= 0.6 is 0 Å².